The molecule has 0 aliphatic carbocycles. The molecule has 0 amide bonds. The first kappa shape index (κ1) is 15.4. The number of hydrogen-bond acceptors (Lipinski definition) is 3. The highest BCUT2D eigenvalue weighted by atomic mass is 19.1. The number of nitrogens with one attached hydrogen (secondary N) is 1. The lowest BCUT2D eigenvalue weighted by molar-refractivity contribution is 0.588. The number of halogens is 2. The van der Waals surface area contributed by atoms with E-state index in [4.69, 9.17) is 0 Å². The van der Waals surface area contributed by atoms with Crippen molar-refractivity contribution in [2.24, 2.45) is 0 Å². The van der Waals surface area contributed by atoms with E-state index in [1.165, 1.54) is 18.2 Å². The molecule has 2 rings (SSSR count). The fourth-order valence-corrected chi connectivity index (χ4v) is 2.10. The van der Waals surface area contributed by atoms with Crippen molar-refractivity contribution >= 4 is 5.82 Å². The van der Waals surface area contributed by atoms with E-state index >= 15 is 0 Å². The highest BCUT2D eigenvalue weighted by Crippen LogP contribution is 2.30. The normalized spacial score (nSPS) is 10.7. The van der Waals surface area contributed by atoms with Crippen molar-refractivity contribution in [3.05, 3.63) is 41.2 Å². The Morgan fingerprint density at radius 1 is 1.10 bits per heavy atom. The number of anilines is 1. The number of aromatic nitrogens is 2. The molecule has 1 aromatic heterocycles. The van der Waals surface area contributed by atoms with Crippen LogP contribution in [-0.2, 0) is 6.42 Å². The largest absolute Gasteiger partial charge is 0.370 e. The Bertz CT molecular complexity index is 621. The van der Waals surface area contributed by atoms with Crippen molar-refractivity contribution in [1.29, 1.82) is 0 Å². The zero-order valence-electron chi connectivity index (χ0n) is 12.5. The van der Waals surface area contributed by atoms with Crippen molar-refractivity contribution < 1.29 is 8.78 Å². The van der Waals surface area contributed by atoms with Crippen molar-refractivity contribution in [3.63, 3.8) is 0 Å². The molecule has 0 radical (unpaired) electrons. The molecule has 1 heterocycles. The molecule has 0 saturated carbocycles. The van der Waals surface area contributed by atoms with Gasteiger partial charge in [0.1, 0.15) is 23.3 Å². The van der Waals surface area contributed by atoms with Crippen molar-refractivity contribution in [2.45, 2.75) is 33.6 Å². The molecule has 112 valence electrons. The minimum Gasteiger partial charge on any atom is -0.370 e. The van der Waals surface area contributed by atoms with Crippen LogP contribution < -0.4 is 5.32 Å². The van der Waals surface area contributed by atoms with Gasteiger partial charge in [-0.3, -0.25) is 0 Å². The molecule has 0 aliphatic heterocycles. The number of aryl methyl sites for hydroxylation is 1. The van der Waals surface area contributed by atoms with Gasteiger partial charge in [-0.2, -0.15) is 0 Å². The number of rotatable bonds is 5. The molecule has 2 aromatic rings. The van der Waals surface area contributed by atoms with Crippen LogP contribution in [0.5, 0.6) is 0 Å². The third kappa shape index (κ3) is 3.17. The van der Waals surface area contributed by atoms with Crippen LogP contribution in [0.1, 0.15) is 31.7 Å². The van der Waals surface area contributed by atoms with Gasteiger partial charge >= 0.3 is 0 Å². The molecule has 0 saturated heterocycles. The van der Waals surface area contributed by atoms with Crippen molar-refractivity contribution in [1.82, 2.24) is 9.97 Å². The SMILES string of the molecule is CCCNc1nc(CC)nc(-c2c(F)cccc2F)c1C. The van der Waals surface area contributed by atoms with Gasteiger partial charge in [0.2, 0.25) is 0 Å². The zero-order valence-corrected chi connectivity index (χ0v) is 12.5. The number of benzene rings is 1. The van der Waals surface area contributed by atoms with Gasteiger partial charge in [-0.15, -0.1) is 0 Å². The summed E-state index contributed by atoms with van der Waals surface area (Å²) < 4.78 is 28.0. The fraction of sp³-hybridized carbons (Fsp3) is 0.375. The predicted molar refractivity (Wildman–Crippen MR) is 80.3 cm³/mol. The van der Waals surface area contributed by atoms with Crippen molar-refractivity contribution in [3.8, 4) is 11.3 Å². The van der Waals surface area contributed by atoms with Crippen LogP contribution in [0, 0.1) is 18.6 Å². The summed E-state index contributed by atoms with van der Waals surface area (Å²) in [6.45, 7) is 6.48. The first-order valence-electron chi connectivity index (χ1n) is 7.14. The molecule has 1 aromatic carbocycles. The molecule has 3 nitrogen and oxygen atoms in total. The second-order valence-corrected chi connectivity index (χ2v) is 4.84. The molecule has 21 heavy (non-hydrogen) atoms. The summed E-state index contributed by atoms with van der Waals surface area (Å²) in [5, 5.41) is 3.19. The van der Waals surface area contributed by atoms with Crippen LogP contribution in [0.4, 0.5) is 14.6 Å². The highest BCUT2D eigenvalue weighted by molar-refractivity contribution is 5.69. The Kier molecular flexibility index (Phi) is 4.83. The van der Waals surface area contributed by atoms with E-state index in [-0.39, 0.29) is 5.56 Å². The quantitative estimate of drug-likeness (QED) is 0.900. The first-order valence-corrected chi connectivity index (χ1v) is 7.14. The Labute approximate surface area is 123 Å². The maximum Gasteiger partial charge on any atom is 0.135 e. The van der Waals surface area contributed by atoms with Crippen LogP contribution in [0.25, 0.3) is 11.3 Å². The predicted octanol–water partition coefficient (Wildman–Crippen LogP) is 4.11. The standard InChI is InChI=1S/C16H19F2N3/c1-4-9-19-16-10(3)15(20-13(5-2)21-16)14-11(17)7-6-8-12(14)18/h6-8H,4-5,9H2,1-3H3,(H,19,20,21). The summed E-state index contributed by atoms with van der Waals surface area (Å²) in [6, 6.07) is 3.83. The van der Waals surface area contributed by atoms with E-state index in [9.17, 15) is 8.78 Å². The van der Waals surface area contributed by atoms with Gasteiger partial charge in [-0.05, 0) is 25.5 Å². The summed E-state index contributed by atoms with van der Waals surface area (Å²) in [7, 11) is 0. The van der Waals surface area contributed by atoms with Crippen LogP contribution in [0.2, 0.25) is 0 Å². The number of hydrogen-bond donors (Lipinski definition) is 1. The lowest BCUT2D eigenvalue weighted by Gasteiger charge is -2.14. The molecule has 0 unspecified atom stereocenters. The summed E-state index contributed by atoms with van der Waals surface area (Å²) in [5.41, 5.74) is 0.882. The van der Waals surface area contributed by atoms with E-state index in [0.717, 1.165) is 13.0 Å². The minimum absolute atomic E-state index is 0.0911. The second-order valence-electron chi connectivity index (χ2n) is 4.84. The van der Waals surface area contributed by atoms with Gasteiger partial charge in [0.05, 0.1) is 11.3 Å². The molecular formula is C16H19F2N3. The van der Waals surface area contributed by atoms with E-state index in [1.807, 2.05) is 13.8 Å². The molecule has 0 spiro atoms. The summed E-state index contributed by atoms with van der Waals surface area (Å²) >= 11 is 0. The number of nitrogens with zero attached hydrogens (tertiary/aromatic N) is 2. The van der Waals surface area contributed by atoms with Gasteiger partial charge in [0, 0.05) is 18.5 Å². The average molecular weight is 291 g/mol. The third-order valence-corrected chi connectivity index (χ3v) is 3.25. The highest BCUT2D eigenvalue weighted by Gasteiger charge is 2.18. The molecule has 5 heteroatoms. The van der Waals surface area contributed by atoms with Crippen molar-refractivity contribution in [2.75, 3.05) is 11.9 Å². The van der Waals surface area contributed by atoms with Crippen LogP contribution >= 0.6 is 0 Å². The fourth-order valence-electron chi connectivity index (χ4n) is 2.10. The van der Waals surface area contributed by atoms with Gasteiger partial charge < -0.3 is 5.32 Å². The zero-order chi connectivity index (χ0) is 15.4. The molecule has 0 fully saturated rings. The molecule has 0 bridgehead atoms. The van der Waals surface area contributed by atoms with Gasteiger partial charge in [0.25, 0.3) is 0 Å². The smallest absolute Gasteiger partial charge is 0.135 e. The molecule has 1 N–H and O–H groups in total. The van der Waals surface area contributed by atoms with Gasteiger partial charge in [0.15, 0.2) is 0 Å². The molecule has 0 aliphatic rings. The van der Waals surface area contributed by atoms with Crippen LogP contribution in [-0.4, -0.2) is 16.5 Å². The Hall–Kier alpha value is -2.04. The summed E-state index contributed by atoms with van der Waals surface area (Å²) in [5.74, 6) is -0.0150. The Balaban J connectivity index is 2.62. The summed E-state index contributed by atoms with van der Waals surface area (Å²) in [4.78, 5) is 8.73. The second kappa shape index (κ2) is 6.61. The first-order chi connectivity index (χ1) is 10.1. The Morgan fingerprint density at radius 3 is 2.33 bits per heavy atom. The Morgan fingerprint density at radius 2 is 1.76 bits per heavy atom. The maximum atomic E-state index is 14.0. The van der Waals surface area contributed by atoms with E-state index in [0.29, 0.717) is 29.3 Å². The monoisotopic (exact) mass is 291 g/mol. The van der Waals surface area contributed by atoms with Gasteiger partial charge in [-0.1, -0.05) is 19.9 Å². The lowest BCUT2D eigenvalue weighted by Crippen LogP contribution is -2.09. The summed E-state index contributed by atoms with van der Waals surface area (Å²) in [6.07, 6.45) is 1.54. The topological polar surface area (TPSA) is 37.8 Å². The van der Waals surface area contributed by atoms with E-state index in [1.54, 1.807) is 6.92 Å². The average Bonchev–Trinajstić information content (AvgIpc) is 2.47. The maximum absolute atomic E-state index is 14.0. The van der Waals surface area contributed by atoms with Gasteiger partial charge in [-0.25, -0.2) is 18.7 Å². The lowest BCUT2D eigenvalue weighted by atomic mass is 10.1. The van der Waals surface area contributed by atoms with E-state index < -0.39 is 11.6 Å². The molecular weight excluding hydrogens is 272 g/mol. The third-order valence-electron chi connectivity index (χ3n) is 3.25. The molecule has 0 atom stereocenters. The van der Waals surface area contributed by atoms with Crippen LogP contribution in [0.15, 0.2) is 18.2 Å². The van der Waals surface area contributed by atoms with Crippen LogP contribution in [0.3, 0.4) is 0 Å². The minimum atomic E-state index is -0.611. The van der Waals surface area contributed by atoms with E-state index in [2.05, 4.69) is 15.3 Å².